The van der Waals surface area contributed by atoms with E-state index in [1.807, 2.05) is 0 Å². The van der Waals surface area contributed by atoms with Crippen LogP contribution in [0.2, 0.25) is 0 Å². The molecule has 0 saturated heterocycles. The third-order valence-corrected chi connectivity index (χ3v) is 1.58. The first kappa shape index (κ1) is 7.85. The van der Waals surface area contributed by atoms with E-state index in [0.717, 1.165) is 5.56 Å². The molecule has 0 aliphatic rings. The van der Waals surface area contributed by atoms with Crippen LogP contribution in [0.25, 0.3) is 0 Å². The normalized spacial score (nSPS) is 9.73. The Hall–Kier alpha value is -1.25. The van der Waals surface area contributed by atoms with E-state index in [-0.39, 0.29) is 11.4 Å². The van der Waals surface area contributed by atoms with Gasteiger partial charge < -0.3 is 10.5 Å². The minimum Gasteiger partial charge on any atom is -0.494 e. The van der Waals surface area contributed by atoms with Crippen molar-refractivity contribution in [2.24, 2.45) is 0 Å². The number of aryl methyl sites for hydroxylation is 1. The molecular weight excluding hydrogens is 145 g/mol. The Bertz CT molecular complexity index is 273. The number of methoxy groups -OCH3 is 1. The summed E-state index contributed by atoms with van der Waals surface area (Å²) in [5.41, 5.74) is 6.29. The van der Waals surface area contributed by atoms with Gasteiger partial charge in [-0.1, -0.05) is 6.07 Å². The van der Waals surface area contributed by atoms with Gasteiger partial charge >= 0.3 is 0 Å². The second kappa shape index (κ2) is 2.78. The van der Waals surface area contributed by atoms with Crippen LogP contribution in [0, 0.1) is 12.7 Å². The molecule has 3 heteroatoms. The van der Waals surface area contributed by atoms with Gasteiger partial charge in [0.2, 0.25) is 0 Å². The number of halogens is 1. The van der Waals surface area contributed by atoms with E-state index >= 15 is 0 Å². The molecule has 60 valence electrons. The monoisotopic (exact) mass is 155 g/mol. The molecule has 0 spiro atoms. The standard InChI is InChI=1S/C8H10FNO/c1-5-3-4-6(11-2)7(9)8(5)10/h3-4H,10H2,1-2H3. The number of hydrogen-bond donors (Lipinski definition) is 1. The minimum atomic E-state index is -0.479. The van der Waals surface area contributed by atoms with Crippen molar-refractivity contribution in [3.8, 4) is 5.75 Å². The van der Waals surface area contributed by atoms with Gasteiger partial charge in [-0.15, -0.1) is 0 Å². The summed E-state index contributed by atoms with van der Waals surface area (Å²) in [6, 6.07) is 3.28. The van der Waals surface area contributed by atoms with Crippen LogP contribution in [0.3, 0.4) is 0 Å². The van der Waals surface area contributed by atoms with Gasteiger partial charge in [0.05, 0.1) is 12.8 Å². The second-order valence-electron chi connectivity index (χ2n) is 2.31. The third kappa shape index (κ3) is 1.27. The van der Waals surface area contributed by atoms with E-state index in [1.54, 1.807) is 19.1 Å². The Morgan fingerprint density at radius 2 is 2.09 bits per heavy atom. The van der Waals surface area contributed by atoms with Crippen molar-refractivity contribution < 1.29 is 9.13 Å². The molecule has 1 rings (SSSR count). The van der Waals surface area contributed by atoms with Crippen molar-refractivity contribution in [2.45, 2.75) is 6.92 Å². The molecule has 0 aliphatic carbocycles. The first-order valence-electron chi connectivity index (χ1n) is 3.25. The number of anilines is 1. The fraction of sp³-hybridized carbons (Fsp3) is 0.250. The second-order valence-corrected chi connectivity index (χ2v) is 2.31. The number of ether oxygens (including phenoxy) is 1. The highest BCUT2D eigenvalue weighted by molar-refractivity contribution is 5.52. The fourth-order valence-corrected chi connectivity index (χ4v) is 0.827. The van der Waals surface area contributed by atoms with Gasteiger partial charge in [-0.25, -0.2) is 4.39 Å². The molecule has 0 bridgehead atoms. The van der Waals surface area contributed by atoms with Crippen molar-refractivity contribution >= 4 is 5.69 Å². The van der Waals surface area contributed by atoms with Crippen molar-refractivity contribution in [1.82, 2.24) is 0 Å². The molecule has 2 N–H and O–H groups in total. The van der Waals surface area contributed by atoms with Crippen LogP contribution in [-0.4, -0.2) is 7.11 Å². The van der Waals surface area contributed by atoms with Crippen molar-refractivity contribution in [2.75, 3.05) is 12.8 Å². The molecule has 0 radical (unpaired) electrons. The summed E-state index contributed by atoms with van der Waals surface area (Å²) in [5.74, 6) is -0.291. The van der Waals surface area contributed by atoms with E-state index in [0.29, 0.717) is 0 Å². The fourth-order valence-electron chi connectivity index (χ4n) is 0.827. The van der Waals surface area contributed by atoms with Gasteiger partial charge in [0.15, 0.2) is 11.6 Å². The van der Waals surface area contributed by atoms with E-state index < -0.39 is 5.82 Å². The van der Waals surface area contributed by atoms with Crippen molar-refractivity contribution in [1.29, 1.82) is 0 Å². The molecule has 0 fully saturated rings. The van der Waals surface area contributed by atoms with Gasteiger partial charge in [-0.3, -0.25) is 0 Å². The number of hydrogen-bond acceptors (Lipinski definition) is 2. The molecule has 0 atom stereocenters. The lowest BCUT2D eigenvalue weighted by molar-refractivity contribution is 0.387. The number of rotatable bonds is 1. The highest BCUT2D eigenvalue weighted by Gasteiger charge is 2.07. The van der Waals surface area contributed by atoms with Crippen LogP contribution in [0.4, 0.5) is 10.1 Å². The largest absolute Gasteiger partial charge is 0.494 e. The van der Waals surface area contributed by atoms with Gasteiger partial charge in [0.1, 0.15) is 0 Å². The SMILES string of the molecule is COc1ccc(C)c(N)c1F. The minimum absolute atomic E-state index is 0.157. The molecule has 0 unspecified atom stereocenters. The van der Waals surface area contributed by atoms with E-state index in [9.17, 15) is 4.39 Å². The van der Waals surface area contributed by atoms with E-state index in [4.69, 9.17) is 10.5 Å². The van der Waals surface area contributed by atoms with Gasteiger partial charge in [0, 0.05) is 0 Å². The molecular formula is C8H10FNO. The highest BCUT2D eigenvalue weighted by atomic mass is 19.1. The molecule has 0 aliphatic heterocycles. The summed E-state index contributed by atoms with van der Waals surface area (Å²) in [6.45, 7) is 1.75. The average molecular weight is 155 g/mol. The first-order valence-corrected chi connectivity index (χ1v) is 3.25. The topological polar surface area (TPSA) is 35.2 Å². The van der Waals surface area contributed by atoms with Crippen molar-refractivity contribution in [3.63, 3.8) is 0 Å². The Morgan fingerprint density at radius 3 is 2.64 bits per heavy atom. The zero-order chi connectivity index (χ0) is 8.43. The predicted molar refractivity (Wildman–Crippen MR) is 42.1 cm³/mol. The van der Waals surface area contributed by atoms with Crippen LogP contribution < -0.4 is 10.5 Å². The van der Waals surface area contributed by atoms with Crippen LogP contribution in [0.5, 0.6) is 5.75 Å². The molecule has 0 amide bonds. The molecule has 1 aromatic rings. The molecule has 0 saturated carbocycles. The van der Waals surface area contributed by atoms with Gasteiger partial charge in [-0.2, -0.15) is 0 Å². The molecule has 11 heavy (non-hydrogen) atoms. The lowest BCUT2D eigenvalue weighted by atomic mass is 10.2. The summed E-state index contributed by atoms with van der Waals surface area (Å²) in [6.07, 6.45) is 0. The zero-order valence-corrected chi connectivity index (χ0v) is 6.52. The summed E-state index contributed by atoms with van der Waals surface area (Å²) in [4.78, 5) is 0. The molecule has 0 aromatic heterocycles. The van der Waals surface area contributed by atoms with Gasteiger partial charge in [0.25, 0.3) is 0 Å². The van der Waals surface area contributed by atoms with Gasteiger partial charge in [-0.05, 0) is 18.6 Å². The number of benzene rings is 1. The maximum absolute atomic E-state index is 13.0. The van der Waals surface area contributed by atoms with E-state index in [2.05, 4.69) is 0 Å². The zero-order valence-electron chi connectivity index (χ0n) is 6.52. The maximum Gasteiger partial charge on any atom is 0.188 e. The summed E-state index contributed by atoms with van der Waals surface area (Å²) in [7, 11) is 1.41. The maximum atomic E-state index is 13.0. The number of nitrogens with two attached hydrogens (primary N) is 1. The molecule has 2 nitrogen and oxygen atoms in total. The first-order chi connectivity index (χ1) is 5.16. The molecule has 1 aromatic carbocycles. The Morgan fingerprint density at radius 1 is 1.45 bits per heavy atom. The Kier molecular flexibility index (Phi) is 1.98. The molecule has 0 heterocycles. The lowest BCUT2D eigenvalue weighted by Crippen LogP contribution is -1.97. The van der Waals surface area contributed by atoms with E-state index in [1.165, 1.54) is 7.11 Å². The summed E-state index contributed by atoms with van der Waals surface area (Å²) in [5, 5.41) is 0. The van der Waals surface area contributed by atoms with Crippen LogP contribution in [0.15, 0.2) is 12.1 Å². The smallest absolute Gasteiger partial charge is 0.188 e. The van der Waals surface area contributed by atoms with Crippen LogP contribution in [0.1, 0.15) is 5.56 Å². The Labute approximate surface area is 64.8 Å². The highest BCUT2D eigenvalue weighted by Crippen LogP contribution is 2.24. The Balaban J connectivity index is 3.25. The van der Waals surface area contributed by atoms with Crippen molar-refractivity contribution in [3.05, 3.63) is 23.5 Å². The lowest BCUT2D eigenvalue weighted by Gasteiger charge is -2.05. The quantitative estimate of drug-likeness (QED) is 0.627. The summed E-state index contributed by atoms with van der Waals surface area (Å²) >= 11 is 0. The summed E-state index contributed by atoms with van der Waals surface area (Å²) < 4.78 is 17.7. The third-order valence-electron chi connectivity index (χ3n) is 1.58. The average Bonchev–Trinajstić information content (AvgIpc) is 2.01. The van der Waals surface area contributed by atoms with Crippen LogP contribution >= 0.6 is 0 Å². The number of nitrogen functional groups attached to an aromatic ring is 1. The predicted octanol–water partition coefficient (Wildman–Crippen LogP) is 1.72. The van der Waals surface area contributed by atoms with Crippen LogP contribution in [-0.2, 0) is 0 Å².